The standard InChI is InChI=1S/C13H22N2OS/c1-5-14-13(7-11(8-13)16-6-2)12-15-9(3)10(4)17-12/h11,14H,5-8H2,1-4H3. The van der Waals surface area contributed by atoms with E-state index in [1.807, 2.05) is 11.3 Å². The van der Waals surface area contributed by atoms with Gasteiger partial charge in [-0.3, -0.25) is 0 Å². The topological polar surface area (TPSA) is 34.2 Å². The number of rotatable bonds is 5. The van der Waals surface area contributed by atoms with Gasteiger partial charge < -0.3 is 10.1 Å². The Kier molecular flexibility index (Phi) is 3.85. The van der Waals surface area contributed by atoms with E-state index < -0.39 is 0 Å². The molecule has 1 heterocycles. The van der Waals surface area contributed by atoms with Gasteiger partial charge in [0.25, 0.3) is 0 Å². The molecule has 4 heteroatoms. The average Bonchev–Trinajstić information content (AvgIpc) is 2.56. The van der Waals surface area contributed by atoms with Gasteiger partial charge in [0.15, 0.2) is 0 Å². The lowest BCUT2D eigenvalue weighted by Crippen LogP contribution is -2.55. The second kappa shape index (κ2) is 5.04. The molecule has 0 unspecified atom stereocenters. The second-order valence-corrected chi connectivity index (χ2v) is 5.96. The highest BCUT2D eigenvalue weighted by molar-refractivity contribution is 7.11. The zero-order valence-corrected chi connectivity index (χ0v) is 12.0. The molecule has 0 aliphatic heterocycles. The number of thiazole rings is 1. The summed E-state index contributed by atoms with van der Waals surface area (Å²) in [5, 5.41) is 4.85. The first-order valence-corrected chi connectivity index (χ1v) is 7.24. The van der Waals surface area contributed by atoms with Crippen LogP contribution < -0.4 is 5.32 Å². The maximum absolute atomic E-state index is 5.67. The fraction of sp³-hybridized carbons (Fsp3) is 0.769. The van der Waals surface area contributed by atoms with E-state index >= 15 is 0 Å². The highest BCUT2D eigenvalue weighted by Crippen LogP contribution is 2.44. The van der Waals surface area contributed by atoms with Crippen LogP contribution in [0.5, 0.6) is 0 Å². The van der Waals surface area contributed by atoms with Gasteiger partial charge in [-0.15, -0.1) is 11.3 Å². The molecule has 0 radical (unpaired) electrons. The Morgan fingerprint density at radius 1 is 1.41 bits per heavy atom. The van der Waals surface area contributed by atoms with E-state index in [9.17, 15) is 0 Å². The van der Waals surface area contributed by atoms with Crippen molar-refractivity contribution in [1.29, 1.82) is 0 Å². The molecule has 2 rings (SSSR count). The maximum Gasteiger partial charge on any atom is 0.113 e. The molecule has 1 aromatic heterocycles. The number of hydrogen-bond donors (Lipinski definition) is 1. The molecule has 96 valence electrons. The lowest BCUT2D eigenvalue weighted by molar-refractivity contribution is -0.0531. The number of ether oxygens (including phenoxy) is 1. The summed E-state index contributed by atoms with van der Waals surface area (Å²) < 4.78 is 5.67. The zero-order valence-electron chi connectivity index (χ0n) is 11.2. The van der Waals surface area contributed by atoms with Crippen LogP contribution in [0, 0.1) is 13.8 Å². The van der Waals surface area contributed by atoms with E-state index in [4.69, 9.17) is 9.72 Å². The van der Waals surface area contributed by atoms with Crippen molar-refractivity contribution in [2.75, 3.05) is 13.2 Å². The van der Waals surface area contributed by atoms with Gasteiger partial charge in [-0.1, -0.05) is 6.92 Å². The monoisotopic (exact) mass is 254 g/mol. The second-order valence-electron chi connectivity index (χ2n) is 4.76. The Hall–Kier alpha value is -0.450. The van der Waals surface area contributed by atoms with Crippen LogP contribution in [-0.4, -0.2) is 24.2 Å². The van der Waals surface area contributed by atoms with Gasteiger partial charge in [-0.05, 0) is 40.2 Å². The fourth-order valence-corrected chi connectivity index (χ4v) is 3.58. The number of hydrogen-bond acceptors (Lipinski definition) is 4. The maximum atomic E-state index is 5.67. The highest BCUT2D eigenvalue weighted by atomic mass is 32.1. The van der Waals surface area contributed by atoms with Crippen molar-refractivity contribution >= 4 is 11.3 Å². The minimum Gasteiger partial charge on any atom is -0.378 e. The first-order chi connectivity index (χ1) is 8.11. The summed E-state index contributed by atoms with van der Waals surface area (Å²) in [6, 6.07) is 0. The first kappa shape index (κ1) is 13.0. The summed E-state index contributed by atoms with van der Waals surface area (Å²) in [5.74, 6) is 0. The quantitative estimate of drug-likeness (QED) is 0.877. The minimum absolute atomic E-state index is 0.0816. The van der Waals surface area contributed by atoms with E-state index in [0.717, 1.165) is 26.0 Å². The first-order valence-electron chi connectivity index (χ1n) is 6.42. The summed E-state index contributed by atoms with van der Waals surface area (Å²) in [7, 11) is 0. The predicted molar refractivity (Wildman–Crippen MR) is 71.6 cm³/mol. The normalized spacial score (nSPS) is 28.1. The van der Waals surface area contributed by atoms with Gasteiger partial charge in [-0.2, -0.15) is 0 Å². The molecule has 3 nitrogen and oxygen atoms in total. The van der Waals surface area contributed by atoms with Gasteiger partial charge in [0.05, 0.1) is 17.3 Å². The zero-order chi connectivity index (χ0) is 12.5. The smallest absolute Gasteiger partial charge is 0.113 e. The Bertz CT molecular complexity index is 363. The van der Waals surface area contributed by atoms with Crippen LogP contribution in [0.1, 0.15) is 42.3 Å². The van der Waals surface area contributed by atoms with Crippen LogP contribution in [0.25, 0.3) is 0 Å². The fourth-order valence-electron chi connectivity index (χ4n) is 2.48. The van der Waals surface area contributed by atoms with Crippen molar-refractivity contribution in [3.63, 3.8) is 0 Å². The molecule has 1 fully saturated rings. The van der Waals surface area contributed by atoms with Crippen LogP contribution in [0.2, 0.25) is 0 Å². The average molecular weight is 254 g/mol. The summed E-state index contributed by atoms with van der Waals surface area (Å²) >= 11 is 1.83. The van der Waals surface area contributed by atoms with E-state index in [1.54, 1.807) is 0 Å². The van der Waals surface area contributed by atoms with Crippen molar-refractivity contribution in [3.05, 3.63) is 15.6 Å². The van der Waals surface area contributed by atoms with Gasteiger partial charge in [0, 0.05) is 11.5 Å². The van der Waals surface area contributed by atoms with E-state index in [1.165, 1.54) is 15.6 Å². The summed E-state index contributed by atoms with van der Waals surface area (Å²) in [4.78, 5) is 6.05. The summed E-state index contributed by atoms with van der Waals surface area (Å²) in [5.41, 5.74) is 1.25. The molecule has 0 amide bonds. The minimum atomic E-state index is 0.0816. The number of aromatic nitrogens is 1. The Morgan fingerprint density at radius 2 is 2.12 bits per heavy atom. The van der Waals surface area contributed by atoms with E-state index in [0.29, 0.717) is 6.10 Å². The van der Waals surface area contributed by atoms with Crippen LogP contribution in [0.15, 0.2) is 0 Å². The molecule has 1 saturated carbocycles. The highest BCUT2D eigenvalue weighted by Gasteiger charge is 2.47. The van der Waals surface area contributed by atoms with Crippen molar-refractivity contribution in [2.24, 2.45) is 0 Å². The molecule has 0 aromatic carbocycles. The Morgan fingerprint density at radius 3 is 2.59 bits per heavy atom. The molecule has 1 aromatic rings. The molecule has 0 bridgehead atoms. The van der Waals surface area contributed by atoms with Crippen molar-refractivity contribution in [3.8, 4) is 0 Å². The van der Waals surface area contributed by atoms with Crippen LogP contribution in [0.4, 0.5) is 0 Å². The molecule has 0 spiro atoms. The van der Waals surface area contributed by atoms with Gasteiger partial charge in [-0.25, -0.2) is 4.98 Å². The van der Waals surface area contributed by atoms with Gasteiger partial charge in [0.1, 0.15) is 5.01 Å². The van der Waals surface area contributed by atoms with Gasteiger partial charge in [0.2, 0.25) is 0 Å². The third-order valence-corrected chi connectivity index (χ3v) is 4.78. The lowest BCUT2D eigenvalue weighted by atomic mass is 9.74. The van der Waals surface area contributed by atoms with Gasteiger partial charge >= 0.3 is 0 Å². The van der Waals surface area contributed by atoms with Crippen molar-refractivity contribution in [2.45, 2.75) is 52.2 Å². The molecular formula is C13H22N2OS. The number of nitrogens with one attached hydrogen (secondary N) is 1. The SMILES string of the molecule is CCNC1(c2nc(C)c(C)s2)CC(OCC)C1. The summed E-state index contributed by atoms with van der Waals surface area (Å²) in [6.45, 7) is 10.2. The third-order valence-electron chi connectivity index (χ3n) is 3.51. The Balaban J connectivity index is 2.14. The molecule has 1 aliphatic rings. The van der Waals surface area contributed by atoms with Crippen LogP contribution >= 0.6 is 11.3 Å². The predicted octanol–water partition coefficient (Wildman–Crippen LogP) is 2.76. The number of aryl methyl sites for hydroxylation is 2. The van der Waals surface area contributed by atoms with Crippen LogP contribution in [-0.2, 0) is 10.3 Å². The van der Waals surface area contributed by atoms with Crippen LogP contribution in [0.3, 0.4) is 0 Å². The molecule has 1 aliphatic carbocycles. The molecular weight excluding hydrogens is 232 g/mol. The molecule has 1 N–H and O–H groups in total. The number of nitrogens with zero attached hydrogens (tertiary/aromatic N) is 1. The largest absolute Gasteiger partial charge is 0.378 e. The van der Waals surface area contributed by atoms with E-state index in [2.05, 4.69) is 33.0 Å². The molecule has 17 heavy (non-hydrogen) atoms. The van der Waals surface area contributed by atoms with E-state index in [-0.39, 0.29) is 5.54 Å². The molecule has 0 saturated heterocycles. The lowest BCUT2D eigenvalue weighted by Gasteiger charge is -2.46. The third kappa shape index (κ3) is 2.39. The Labute approximate surface area is 108 Å². The summed E-state index contributed by atoms with van der Waals surface area (Å²) in [6.07, 6.45) is 2.52. The van der Waals surface area contributed by atoms with Crippen molar-refractivity contribution in [1.82, 2.24) is 10.3 Å². The van der Waals surface area contributed by atoms with Crippen molar-refractivity contribution < 1.29 is 4.74 Å². The molecule has 0 atom stereocenters.